The van der Waals surface area contributed by atoms with Crippen molar-refractivity contribution in [2.24, 2.45) is 5.92 Å². The van der Waals surface area contributed by atoms with E-state index in [1.54, 1.807) is 0 Å². The summed E-state index contributed by atoms with van der Waals surface area (Å²) in [6, 6.07) is 28.1. The highest BCUT2D eigenvalue weighted by atomic mass is 16.4. The predicted molar refractivity (Wildman–Crippen MR) is 117 cm³/mol. The highest BCUT2D eigenvalue weighted by Crippen LogP contribution is 2.34. The van der Waals surface area contributed by atoms with Crippen LogP contribution < -0.4 is 0 Å². The van der Waals surface area contributed by atoms with Gasteiger partial charge < -0.3 is 5.11 Å². The maximum absolute atomic E-state index is 11.4. The fraction of sp³-hybridized carbons (Fsp3) is 0.269. The van der Waals surface area contributed by atoms with Gasteiger partial charge in [-0.1, -0.05) is 84.4 Å². The third-order valence-electron chi connectivity index (χ3n) is 5.94. The smallest absolute Gasteiger partial charge is 0.306 e. The molecule has 0 spiro atoms. The summed E-state index contributed by atoms with van der Waals surface area (Å²) < 4.78 is 0. The van der Waals surface area contributed by atoms with Crippen LogP contribution in [0.4, 0.5) is 0 Å². The Morgan fingerprint density at radius 3 is 2.14 bits per heavy atom. The maximum Gasteiger partial charge on any atom is 0.306 e. The first-order valence-corrected chi connectivity index (χ1v) is 10.3. The van der Waals surface area contributed by atoms with Gasteiger partial charge in [-0.3, -0.25) is 9.69 Å². The second kappa shape index (κ2) is 8.62. The molecule has 1 heterocycles. The number of hydrogen-bond acceptors (Lipinski definition) is 2. The first-order chi connectivity index (χ1) is 14.1. The number of nitrogens with zero attached hydrogens (tertiary/aromatic N) is 1. The molecule has 0 amide bonds. The zero-order valence-corrected chi connectivity index (χ0v) is 16.8. The van der Waals surface area contributed by atoms with E-state index in [2.05, 4.69) is 84.6 Å². The Kier molecular flexibility index (Phi) is 5.77. The third kappa shape index (κ3) is 4.41. The van der Waals surface area contributed by atoms with E-state index in [1.165, 1.54) is 27.8 Å². The third-order valence-corrected chi connectivity index (χ3v) is 5.94. The molecule has 1 unspecified atom stereocenters. The molecule has 1 atom stereocenters. The van der Waals surface area contributed by atoms with Gasteiger partial charge in [-0.05, 0) is 55.1 Å². The van der Waals surface area contributed by atoms with Gasteiger partial charge in [-0.2, -0.15) is 0 Å². The van der Waals surface area contributed by atoms with Crippen molar-refractivity contribution in [3.8, 4) is 11.1 Å². The number of hydrogen-bond donors (Lipinski definition) is 1. The van der Waals surface area contributed by atoms with Crippen molar-refractivity contribution in [3.63, 3.8) is 0 Å². The lowest BCUT2D eigenvalue weighted by molar-refractivity contribution is -0.143. The summed E-state index contributed by atoms with van der Waals surface area (Å²) in [6.07, 6.45) is 1.42. The topological polar surface area (TPSA) is 40.5 Å². The summed E-state index contributed by atoms with van der Waals surface area (Å²) in [5, 5.41) is 9.35. The number of carbonyl (C=O) groups is 1. The monoisotopic (exact) mass is 385 g/mol. The van der Waals surface area contributed by atoms with E-state index in [0.29, 0.717) is 12.8 Å². The summed E-state index contributed by atoms with van der Waals surface area (Å²) in [5.41, 5.74) is 6.19. The number of benzene rings is 3. The van der Waals surface area contributed by atoms with Crippen LogP contribution in [-0.2, 0) is 4.79 Å². The largest absolute Gasteiger partial charge is 0.481 e. The van der Waals surface area contributed by atoms with Crippen LogP contribution in [0.25, 0.3) is 11.1 Å². The molecular formula is C26H27NO2. The van der Waals surface area contributed by atoms with Crippen molar-refractivity contribution >= 4 is 5.97 Å². The molecule has 3 heteroatoms. The summed E-state index contributed by atoms with van der Waals surface area (Å²) in [5.74, 6) is -0.881. The van der Waals surface area contributed by atoms with Crippen LogP contribution >= 0.6 is 0 Å². The first kappa shape index (κ1) is 19.4. The number of likely N-dealkylation sites (tertiary alicyclic amines) is 1. The Hall–Kier alpha value is -2.91. The van der Waals surface area contributed by atoms with Crippen LogP contribution in [0.5, 0.6) is 0 Å². The second-order valence-corrected chi connectivity index (χ2v) is 7.95. The van der Waals surface area contributed by atoms with E-state index in [-0.39, 0.29) is 12.0 Å². The minimum Gasteiger partial charge on any atom is -0.481 e. The minimum atomic E-state index is -0.663. The fourth-order valence-electron chi connectivity index (χ4n) is 4.35. The quantitative estimate of drug-likeness (QED) is 0.626. The molecule has 4 rings (SSSR count). The SMILES string of the molecule is Cc1cccc(C(c2ccc(-c3ccccc3)cc2)N2CCC(C(=O)O)CC2)c1. The van der Waals surface area contributed by atoms with Gasteiger partial charge in [0.05, 0.1) is 12.0 Å². The van der Waals surface area contributed by atoms with Crippen molar-refractivity contribution in [1.82, 2.24) is 4.90 Å². The van der Waals surface area contributed by atoms with E-state index in [0.717, 1.165) is 13.1 Å². The number of piperidine rings is 1. The van der Waals surface area contributed by atoms with Gasteiger partial charge in [0.15, 0.2) is 0 Å². The molecule has 29 heavy (non-hydrogen) atoms. The van der Waals surface area contributed by atoms with Crippen LogP contribution in [0, 0.1) is 12.8 Å². The van der Waals surface area contributed by atoms with E-state index >= 15 is 0 Å². The Balaban J connectivity index is 1.65. The summed E-state index contributed by atoms with van der Waals surface area (Å²) in [7, 11) is 0. The lowest BCUT2D eigenvalue weighted by atomic mass is 9.90. The second-order valence-electron chi connectivity index (χ2n) is 7.95. The Morgan fingerprint density at radius 2 is 1.52 bits per heavy atom. The zero-order valence-electron chi connectivity index (χ0n) is 16.8. The van der Waals surface area contributed by atoms with Crippen LogP contribution in [0.1, 0.15) is 35.6 Å². The molecule has 0 saturated carbocycles. The van der Waals surface area contributed by atoms with Gasteiger partial charge in [0, 0.05) is 0 Å². The van der Waals surface area contributed by atoms with Crippen molar-refractivity contribution < 1.29 is 9.90 Å². The number of aryl methyl sites for hydroxylation is 1. The minimum absolute atomic E-state index is 0.148. The van der Waals surface area contributed by atoms with Gasteiger partial charge >= 0.3 is 5.97 Å². The normalized spacial score (nSPS) is 16.4. The summed E-state index contributed by atoms with van der Waals surface area (Å²) in [4.78, 5) is 13.8. The van der Waals surface area contributed by atoms with Crippen LogP contribution in [0.15, 0.2) is 78.9 Å². The van der Waals surface area contributed by atoms with E-state index < -0.39 is 5.97 Å². The fourth-order valence-corrected chi connectivity index (χ4v) is 4.35. The first-order valence-electron chi connectivity index (χ1n) is 10.3. The highest BCUT2D eigenvalue weighted by Gasteiger charge is 2.30. The van der Waals surface area contributed by atoms with Crippen molar-refractivity contribution in [3.05, 3.63) is 95.6 Å². The Bertz CT molecular complexity index is 958. The van der Waals surface area contributed by atoms with Gasteiger partial charge in [-0.15, -0.1) is 0 Å². The molecule has 1 N–H and O–H groups in total. The zero-order chi connectivity index (χ0) is 20.2. The van der Waals surface area contributed by atoms with Gasteiger partial charge in [0.2, 0.25) is 0 Å². The lowest BCUT2D eigenvalue weighted by Crippen LogP contribution is -2.39. The molecule has 0 radical (unpaired) electrons. The highest BCUT2D eigenvalue weighted by molar-refractivity contribution is 5.70. The molecule has 0 aliphatic carbocycles. The molecule has 1 fully saturated rings. The standard InChI is InChI=1S/C26H27NO2/c1-19-6-5-9-24(18-19)25(27-16-14-23(15-17-27)26(28)29)22-12-10-21(11-13-22)20-7-3-2-4-8-20/h2-13,18,23,25H,14-17H2,1H3,(H,28,29). The molecule has 3 aromatic rings. The number of carboxylic acid groups (broad SMARTS) is 1. The molecule has 3 aromatic carbocycles. The van der Waals surface area contributed by atoms with Crippen molar-refractivity contribution in [2.45, 2.75) is 25.8 Å². The number of aliphatic carboxylic acids is 1. The average Bonchev–Trinajstić information content (AvgIpc) is 2.75. The summed E-state index contributed by atoms with van der Waals surface area (Å²) >= 11 is 0. The Labute approximate surface area is 172 Å². The van der Waals surface area contributed by atoms with Crippen LogP contribution in [0.2, 0.25) is 0 Å². The maximum atomic E-state index is 11.4. The van der Waals surface area contributed by atoms with E-state index in [1.807, 2.05) is 6.07 Å². The van der Waals surface area contributed by atoms with E-state index in [9.17, 15) is 9.90 Å². The predicted octanol–water partition coefficient (Wildman–Crippen LogP) is 5.55. The Morgan fingerprint density at radius 1 is 0.862 bits per heavy atom. The molecule has 3 nitrogen and oxygen atoms in total. The van der Waals surface area contributed by atoms with Crippen LogP contribution in [0.3, 0.4) is 0 Å². The van der Waals surface area contributed by atoms with Gasteiger partial charge in [0.1, 0.15) is 0 Å². The molecule has 0 bridgehead atoms. The average molecular weight is 386 g/mol. The summed E-state index contributed by atoms with van der Waals surface area (Å²) in [6.45, 7) is 3.72. The molecule has 1 saturated heterocycles. The van der Waals surface area contributed by atoms with Crippen LogP contribution in [-0.4, -0.2) is 29.1 Å². The van der Waals surface area contributed by atoms with E-state index in [4.69, 9.17) is 0 Å². The molecule has 1 aliphatic rings. The lowest BCUT2D eigenvalue weighted by Gasteiger charge is -2.37. The van der Waals surface area contributed by atoms with Gasteiger partial charge in [-0.25, -0.2) is 0 Å². The number of carboxylic acids is 1. The number of rotatable bonds is 5. The molecule has 0 aromatic heterocycles. The van der Waals surface area contributed by atoms with Gasteiger partial charge in [0.25, 0.3) is 0 Å². The molecule has 1 aliphatic heterocycles. The molecule has 148 valence electrons. The van der Waals surface area contributed by atoms with Crippen molar-refractivity contribution in [1.29, 1.82) is 0 Å². The molecular weight excluding hydrogens is 358 g/mol. The van der Waals surface area contributed by atoms with Crippen molar-refractivity contribution in [2.75, 3.05) is 13.1 Å².